The smallest absolute Gasteiger partial charge is 0.270 e. The molecule has 0 aliphatic carbocycles. The summed E-state index contributed by atoms with van der Waals surface area (Å²) in [4.78, 5) is 24.5. The maximum absolute atomic E-state index is 12.2. The van der Waals surface area contributed by atoms with Crippen molar-refractivity contribution in [2.24, 2.45) is 0 Å². The number of carbonyl (C=O) groups is 1. The molecule has 0 fully saturated rings. The Labute approximate surface area is 134 Å². The highest BCUT2D eigenvalue weighted by Gasteiger charge is 2.17. The van der Waals surface area contributed by atoms with Gasteiger partial charge in [-0.25, -0.2) is 0 Å². The minimum absolute atomic E-state index is 0.00224. The molecule has 1 aromatic heterocycles. The van der Waals surface area contributed by atoms with Crippen molar-refractivity contribution in [3.05, 3.63) is 45.7 Å². The second-order valence-electron chi connectivity index (χ2n) is 5.31. The van der Waals surface area contributed by atoms with Gasteiger partial charge in [-0.15, -0.1) is 0 Å². The van der Waals surface area contributed by atoms with Crippen molar-refractivity contribution in [2.45, 2.75) is 27.7 Å². The van der Waals surface area contributed by atoms with Gasteiger partial charge in [-0.3, -0.25) is 14.9 Å². The van der Waals surface area contributed by atoms with Crippen LogP contribution in [0.5, 0.6) is 0 Å². The number of hydrogen-bond donors (Lipinski definition) is 0. The predicted octanol–water partition coefficient (Wildman–Crippen LogP) is 3.92. The number of hydrogen-bond acceptors (Lipinski definition) is 4. The Balaban J connectivity index is 2.53. The van der Waals surface area contributed by atoms with Crippen LogP contribution in [0.25, 0.3) is 16.5 Å². The molecule has 0 aliphatic rings. The molecular formula is C17H20N2O4. The number of nitrogens with zero attached hydrogens (tertiary/aromatic N) is 2. The van der Waals surface area contributed by atoms with Crippen LogP contribution in [0.2, 0.25) is 0 Å². The van der Waals surface area contributed by atoms with Crippen LogP contribution in [-0.4, -0.2) is 28.8 Å². The molecule has 122 valence electrons. The van der Waals surface area contributed by atoms with E-state index >= 15 is 0 Å². The van der Waals surface area contributed by atoms with Gasteiger partial charge in [0.05, 0.1) is 4.92 Å². The molecule has 1 heterocycles. The molecule has 1 aromatic carbocycles. The van der Waals surface area contributed by atoms with Gasteiger partial charge < -0.3 is 9.32 Å². The van der Waals surface area contributed by atoms with Crippen LogP contribution in [-0.2, 0) is 4.79 Å². The molecule has 0 saturated carbocycles. The van der Waals surface area contributed by atoms with E-state index in [1.165, 1.54) is 12.1 Å². The average molecular weight is 316 g/mol. The number of nitro benzene ring substituents is 1. The lowest BCUT2D eigenvalue weighted by Crippen LogP contribution is -2.28. The standard InChI is InChI=1S/C17H20N2O4/c1-5-18(6-2)16(20)9-11(3)17-12(4)23-15-8-7-13(19(21)22)10-14(15)17/h7-10H,5-6H2,1-4H3/b11-9+. The summed E-state index contributed by atoms with van der Waals surface area (Å²) >= 11 is 0. The molecule has 6 heteroatoms. The molecule has 0 radical (unpaired) electrons. The van der Waals surface area contributed by atoms with Crippen molar-refractivity contribution in [1.82, 2.24) is 4.90 Å². The number of furan rings is 1. The predicted molar refractivity (Wildman–Crippen MR) is 89.2 cm³/mol. The molecule has 0 aliphatic heterocycles. The van der Waals surface area contributed by atoms with E-state index in [0.717, 1.165) is 11.1 Å². The normalized spacial score (nSPS) is 11.7. The zero-order chi connectivity index (χ0) is 17.1. The highest BCUT2D eigenvalue weighted by atomic mass is 16.6. The molecule has 6 nitrogen and oxygen atoms in total. The zero-order valence-corrected chi connectivity index (χ0v) is 13.8. The summed E-state index contributed by atoms with van der Waals surface area (Å²) in [6.07, 6.45) is 1.56. The number of nitro groups is 1. The Kier molecular flexibility index (Phi) is 4.83. The third-order valence-corrected chi connectivity index (χ3v) is 3.87. The molecule has 0 spiro atoms. The van der Waals surface area contributed by atoms with E-state index in [1.807, 2.05) is 20.8 Å². The van der Waals surface area contributed by atoms with Gasteiger partial charge in [-0.2, -0.15) is 0 Å². The number of carbonyl (C=O) groups excluding carboxylic acids is 1. The van der Waals surface area contributed by atoms with Gasteiger partial charge in [0, 0.05) is 42.2 Å². The quantitative estimate of drug-likeness (QED) is 0.476. The first-order valence-electron chi connectivity index (χ1n) is 7.54. The fraction of sp³-hybridized carbons (Fsp3) is 0.353. The molecular weight excluding hydrogens is 296 g/mol. The van der Waals surface area contributed by atoms with Gasteiger partial charge in [0.15, 0.2) is 0 Å². The number of aryl methyl sites for hydroxylation is 1. The molecule has 0 N–H and O–H groups in total. The Morgan fingerprint density at radius 3 is 2.57 bits per heavy atom. The maximum atomic E-state index is 12.2. The first kappa shape index (κ1) is 16.7. The van der Waals surface area contributed by atoms with Crippen molar-refractivity contribution < 1.29 is 14.1 Å². The SMILES string of the molecule is CCN(CC)C(=O)/C=C(\C)c1c(C)oc2ccc([N+](=O)[O-])cc12. The highest BCUT2D eigenvalue weighted by Crippen LogP contribution is 2.33. The van der Waals surface area contributed by atoms with Crippen molar-refractivity contribution in [3.63, 3.8) is 0 Å². The largest absolute Gasteiger partial charge is 0.461 e. The second-order valence-corrected chi connectivity index (χ2v) is 5.31. The van der Waals surface area contributed by atoms with Crippen molar-refractivity contribution >= 4 is 28.1 Å². The molecule has 1 amide bonds. The summed E-state index contributed by atoms with van der Waals surface area (Å²) < 4.78 is 5.66. The molecule has 0 bridgehead atoms. The third-order valence-electron chi connectivity index (χ3n) is 3.87. The van der Waals surface area contributed by atoms with E-state index in [-0.39, 0.29) is 11.6 Å². The molecule has 0 saturated heterocycles. The van der Waals surface area contributed by atoms with Gasteiger partial charge in [-0.1, -0.05) is 0 Å². The Morgan fingerprint density at radius 2 is 2.00 bits per heavy atom. The summed E-state index contributed by atoms with van der Waals surface area (Å²) in [5.74, 6) is 0.563. The summed E-state index contributed by atoms with van der Waals surface area (Å²) in [7, 11) is 0. The highest BCUT2D eigenvalue weighted by molar-refractivity contribution is 6.00. The monoisotopic (exact) mass is 316 g/mol. The number of allylic oxidation sites excluding steroid dienone is 1. The fourth-order valence-electron chi connectivity index (χ4n) is 2.70. The average Bonchev–Trinajstić information content (AvgIpc) is 2.83. The van der Waals surface area contributed by atoms with Crippen molar-refractivity contribution in [3.8, 4) is 0 Å². The van der Waals surface area contributed by atoms with E-state index in [1.54, 1.807) is 24.0 Å². The second kappa shape index (κ2) is 6.64. The number of likely N-dealkylation sites (N-methyl/N-ethyl adjacent to an activating group) is 1. The summed E-state index contributed by atoms with van der Waals surface area (Å²) in [5.41, 5.74) is 2.05. The molecule has 23 heavy (non-hydrogen) atoms. The summed E-state index contributed by atoms with van der Waals surface area (Å²) in [6, 6.07) is 4.49. The van der Waals surface area contributed by atoms with Crippen LogP contribution in [0.3, 0.4) is 0 Å². The first-order chi connectivity index (χ1) is 10.9. The van der Waals surface area contributed by atoms with Crippen LogP contribution < -0.4 is 0 Å². The molecule has 0 atom stereocenters. The topological polar surface area (TPSA) is 76.6 Å². The molecule has 2 aromatic rings. The first-order valence-corrected chi connectivity index (χ1v) is 7.54. The molecule has 2 rings (SSSR count). The van der Waals surface area contributed by atoms with Gasteiger partial charge in [-0.05, 0) is 39.3 Å². The van der Waals surface area contributed by atoms with Crippen LogP contribution in [0.4, 0.5) is 5.69 Å². The lowest BCUT2D eigenvalue weighted by molar-refractivity contribution is -0.384. The number of benzene rings is 1. The minimum atomic E-state index is -0.439. The van der Waals surface area contributed by atoms with Crippen LogP contribution in [0.15, 0.2) is 28.7 Å². The summed E-state index contributed by atoms with van der Waals surface area (Å²) in [5, 5.41) is 11.6. The Hall–Kier alpha value is -2.63. The fourth-order valence-corrected chi connectivity index (χ4v) is 2.70. The summed E-state index contributed by atoms with van der Waals surface area (Å²) in [6.45, 7) is 8.72. The van der Waals surface area contributed by atoms with Crippen LogP contribution in [0.1, 0.15) is 32.1 Å². The molecule has 0 unspecified atom stereocenters. The Morgan fingerprint density at radius 1 is 1.35 bits per heavy atom. The number of amides is 1. The van der Waals surface area contributed by atoms with Gasteiger partial charge in [0.2, 0.25) is 5.91 Å². The van der Waals surface area contributed by atoms with E-state index < -0.39 is 4.92 Å². The lowest BCUT2D eigenvalue weighted by atomic mass is 10.0. The van der Waals surface area contributed by atoms with Crippen molar-refractivity contribution in [1.29, 1.82) is 0 Å². The van der Waals surface area contributed by atoms with Crippen LogP contribution in [0, 0.1) is 17.0 Å². The number of non-ortho nitro benzene ring substituents is 1. The third kappa shape index (κ3) is 3.26. The zero-order valence-electron chi connectivity index (χ0n) is 13.8. The van der Waals surface area contributed by atoms with Gasteiger partial charge >= 0.3 is 0 Å². The maximum Gasteiger partial charge on any atom is 0.270 e. The number of fused-ring (bicyclic) bond motifs is 1. The number of rotatable bonds is 5. The van der Waals surface area contributed by atoms with Gasteiger partial charge in [0.1, 0.15) is 11.3 Å². The van der Waals surface area contributed by atoms with E-state index in [4.69, 9.17) is 4.42 Å². The van der Waals surface area contributed by atoms with E-state index in [2.05, 4.69) is 0 Å². The van der Waals surface area contributed by atoms with E-state index in [9.17, 15) is 14.9 Å². The minimum Gasteiger partial charge on any atom is -0.461 e. The lowest BCUT2D eigenvalue weighted by Gasteiger charge is -2.16. The van der Waals surface area contributed by atoms with Crippen molar-refractivity contribution in [2.75, 3.05) is 13.1 Å². The van der Waals surface area contributed by atoms with Gasteiger partial charge in [0.25, 0.3) is 5.69 Å². The van der Waals surface area contributed by atoms with Crippen LogP contribution >= 0.6 is 0 Å². The Bertz CT molecular complexity index is 785. The van der Waals surface area contributed by atoms with E-state index in [0.29, 0.717) is 29.8 Å².